The fourth-order valence-electron chi connectivity index (χ4n) is 3.84. The lowest BCUT2D eigenvalue weighted by Gasteiger charge is -2.13. The topological polar surface area (TPSA) is 114 Å². The van der Waals surface area contributed by atoms with E-state index in [1.807, 2.05) is 24.3 Å². The number of rotatable bonds is 8. The molecule has 11 nitrogen and oxygen atoms in total. The van der Waals surface area contributed by atoms with Crippen molar-refractivity contribution in [3.8, 4) is 17.2 Å². The normalized spacial score (nSPS) is 11.4. The first-order valence-corrected chi connectivity index (χ1v) is 11.6. The van der Waals surface area contributed by atoms with E-state index in [1.165, 1.54) is 32.9 Å². The van der Waals surface area contributed by atoms with Crippen molar-refractivity contribution in [3.05, 3.63) is 72.8 Å². The van der Waals surface area contributed by atoms with E-state index < -0.39 is 11.2 Å². The fraction of sp³-hybridized carbons (Fsp3) is 0.292. The van der Waals surface area contributed by atoms with E-state index in [-0.39, 0.29) is 23.7 Å². The summed E-state index contributed by atoms with van der Waals surface area (Å²) < 4.78 is 21.1. The van der Waals surface area contributed by atoms with Crippen LogP contribution in [-0.2, 0) is 27.2 Å². The molecule has 2 heterocycles. The van der Waals surface area contributed by atoms with Gasteiger partial charge in [0.15, 0.2) is 22.7 Å². The number of imidazole rings is 1. The zero-order valence-electron chi connectivity index (χ0n) is 20.5. The van der Waals surface area contributed by atoms with Crippen molar-refractivity contribution in [3.63, 3.8) is 0 Å². The minimum atomic E-state index is -0.471. The van der Waals surface area contributed by atoms with Gasteiger partial charge in [0.1, 0.15) is 0 Å². The molecule has 0 spiro atoms. The molecule has 0 bridgehead atoms. The van der Waals surface area contributed by atoms with Gasteiger partial charge in [0.05, 0.1) is 34.4 Å². The molecule has 0 atom stereocenters. The summed E-state index contributed by atoms with van der Waals surface area (Å²) in [6.07, 6.45) is 0. The molecule has 188 valence electrons. The van der Waals surface area contributed by atoms with Crippen LogP contribution in [0, 0.1) is 0 Å². The minimum absolute atomic E-state index is 0.190. The summed E-state index contributed by atoms with van der Waals surface area (Å²) in [4.78, 5) is 30.0. The highest BCUT2D eigenvalue weighted by atomic mass is 79.9. The van der Waals surface area contributed by atoms with Crippen LogP contribution in [0.3, 0.4) is 0 Å². The maximum Gasteiger partial charge on any atom is 0.332 e. The molecule has 0 aliphatic carbocycles. The highest BCUT2D eigenvalue weighted by Crippen LogP contribution is 2.38. The molecule has 4 rings (SSSR count). The van der Waals surface area contributed by atoms with Crippen molar-refractivity contribution in [1.29, 1.82) is 0 Å². The Morgan fingerprint density at radius 1 is 0.917 bits per heavy atom. The van der Waals surface area contributed by atoms with Gasteiger partial charge in [-0.25, -0.2) is 4.79 Å². The number of benzene rings is 2. The number of ether oxygens (including phenoxy) is 3. The molecule has 0 fully saturated rings. The first kappa shape index (κ1) is 25.2. The number of nitrogens with zero attached hydrogens (tertiary/aromatic N) is 6. The van der Waals surface area contributed by atoms with E-state index in [2.05, 4.69) is 31.1 Å². The highest BCUT2D eigenvalue weighted by molar-refractivity contribution is 9.10. The van der Waals surface area contributed by atoms with Gasteiger partial charge in [0, 0.05) is 18.6 Å². The Morgan fingerprint density at radius 3 is 2.14 bits per heavy atom. The molecule has 2 aromatic heterocycles. The monoisotopic (exact) mass is 556 g/mol. The van der Waals surface area contributed by atoms with E-state index in [1.54, 1.807) is 23.7 Å². The summed E-state index contributed by atoms with van der Waals surface area (Å²) in [5.41, 5.74) is 1.28. The summed E-state index contributed by atoms with van der Waals surface area (Å²) in [6.45, 7) is 0.505. The molecule has 0 unspecified atom stereocenters. The average Bonchev–Trinajstić information content (AvgIpc) is 3.24. The van der Waals surface area contributed by atoms with Crippen molar-refractivity contribution in [2.45, 2.75) is 13.1 Å². The Labute approximate surface area is 214 Å². The molecular weight excluding hydrogens is 532 g/mol. The van der Waals surface area contributed by atoms with Crippen LogP contribution >= 0.6 is 15.9 Å². The predicted molar refractivity (Wildman–Crippen MR) is 138 cm³/mol. The maximum atomic E-state index is 13.0. The van der Waals surface area contributed by atoms with Gasteiger partial charge >= 0.3 is 5.69 Å². The zero-order valence-corrected chi connectivity index (χ0v) is 22.1. The van der Waals surface area contributed by atoms with E-state index >= 15 is 0 Å². The van der Waals surface area contributed by atoms with Gasteiger partial charge in [0.25, 0.3) is 11.5 Å². The lowest BCUT2D eigenvalue weighted by Crippen LogP contribution is -2.37. The van der Waals surface area contributed by atoms with Crippen molar-refractivity contribution in [1.82, 2.24) is 18.7 Å². The van der Waals surface area contributed by atoms with Crippen LogP contribution in [0.15, 0.2) is 60.7 Å². The molecule has 2 aromatic carbocycles. The number of fused-ring (bicyclic) bond motifs is 1. The maximum absolute atomic E-state index is 13.0. The predicted octanol–water partition coefficient (Wildman–Crippen LogP) is 3.55. The number of aryl methyl sites for hydroxylation is 1. The molecular formula is C24H25BrN6O5. The second-order valence-corrected chi connectivity index (χ2v) is 8.85. The largest absolute Gasteiger partial charge is 0.493 e. The Kier molecular flexibility index (Phi) is 7.25. The van der Waals surface area contributed by atoms with Crippen LogP contribution in [0.2, 0.25) is 0 Å². The van der Waals surface area contributed by atoms with Crippen molar-refractivity contribution in [2.75, 3.05) is 21.3 Å². The van der Waals surface area contributed by atoms with E-state index in [0.717, 1.165) is 20.2 Å². The second-order valence-electron chi connectivity index (χ2n) is 7.94. The third-order valence-electron chi connectivity index (χ3n) is 5.72. The Bertz CT molecular complexity index is 1540. The van der Waals surface area contributed by atoms with Gasteiger partial charge in [-0.15, -0.1) is 5.11 Å². The van der Waals surface area contributed by atoms with Gasteiger partial charge in [-0.2, -0.15) is 10.1 Å². The third kappa shape index (κ3) is 4.63. The molecule has 0 saturated heterocycles. The van der Waals surface area contributed by atoms with E-state index in [4.69, 9.17) is 14.2 Å². The molecule has 0 radical (unpaired) electrons. The van der Waals surface area contributed by atoms with Gasteiger partial charge in [-0.3, -0.25) is 18.5 Å². The molecule has 0 N–H and O–H groups in total. The molecule has 12 heteroatoms. The second kappa shape index (κ2) is 10.4. The number of methoxy groups -OCH3 is 3. The average molecular weight is 557 g/mol. The molecule has 0 saturated carbocycles. The van der Waals surface area contributed by atoms with Crippen LogP contribution < -0.4 is 25.5 Å². The Morgan fingerprint density at radius 2 is 1.56 bits per heavy atom. The quantitative estimate of drug-likeness (QED) is 0.306. The van der Waals surface area contributed by atoms with Crippen molar-refractivity contribution >= 4 is 33.0 Å². The summed E-state index contributed by atoms with van der Waals surface area (Å²) in [5.74, 6) is 1.69. The van der Waals surface area contributed by atoms with Crippen molar-refractivity contribution < 1.29 is 14.2 Å². The summed E-state index contributed by atoms with van der Waals surface area (Å²) in [5, 5.41) is 8.66. The van der Waals surface area contributed by atoms with Crippen LogP contribution in [0.1, 0.15) is 11.1 Å². The standard InChI is InChI=1S/C24H25BrN6O5/c1-29-21-19(22(32)30(2)24(29)33)31(13-14-6-8-16(25)9-7-14)23(27-21)28-26-12-15-10-17(34-3)20(36-5)18(11-15)35-4/h6-11H,12-13H2,1-5H3. The number of aromatic nitrogens is 4. The highest BCUT2D eigenvalue weighted by Gasteiger charge is 2.19. The fourth-order valence-corrected chi connectivity index (χ4v) is 4.10. The van der Waals surface area contributed by atoms with Crippen LogP contribution in [0.25, 0.3) is 11.2 Å². The Balaban J connectivity index is 1.79. The number of halogens is 1. The summed E-state index contributed by atoms with van der Waals surface area (Å²) in [7, 11) is 7.62. The number of hydrogen-bond acceptors (Lipinski definition) is 8. The number of azo groups is 1. The molecule has 0 aliphatic heterocycles. The lowest BCUT2D eigenvalue weighted by atomic mass is 10.2. The number of hydrogen-bond donors (Lipinski definition) is 0. The third-order valence-corrected chi connectivity index (χ3v) is 6.25. The van der Waals surface area contributed by atoms with Gasteiger partial charge in [-0.1, -0.05) is 28.1 Å². The van der Waals surface area contributed by atoms with E-state index in [0.29, 0.717) is 23.8 Å². The molecule has 0 amide bonds. The van der Waals surface area contributed by atoms with Crippen LogP contribution in [-0.4, -0.2) is 40.0 Å². The van der Waals surface area contributed by atoms with Gasteiger partial charge in [-0.05, 0) is 35.4 Å². The molecule has 4 aromatic rings. The summed E-state index contributed by atoms with van der Waals surface area (Å²) in [6, 6.07) is 11.2. The minimum Gasteiger partial charge on any atom is -0.493 e. The zero-order chi connectivity index (χ0) is 26.0. The molecule has 0 aliphatic rings. The Hall–Kier alpha value is -3.93. The molecule has 36 heavy (non-hydrogen) atoms. The van der Waals surface area contributed by atoms with Gasteiger partial charge < -0.3 is 14.2 Å². The van der Waals surface area contributed by atoms with E-state index in [9.17, 15) is 9.59 Å². The van der Waals surface area contributed by atoms with Crippen LogP contribution in [0.5, 0.6) is 17.2 Å². The smallest absolute Gasteiger partial charge is 0.332 e. The first-order valence-electron chi connectivity index (χ1n) is 10.9. The van der Waals surface area contributed by atoms with Crippen LogP contribution in [0.4, 0.5) is 5.95 Å². The van der Waals surface area contributed by atoms with Crippen molar-refractivity contribution in [2.24, 2.45) is 24.3 Å². The first-order chi connectivity index (χ1) is 17.3. The SMILES string of the molecule is COc1cc(CN=Nc2nc3c(c(=O)n(C)c(=O)n3C)n2Cc2ccc(Br)cc2)cc(OC)c1OC. The summed E-state index contributed by atoms with van der Waals surface area (Å²) >= 11 is 3.43. The lowest BCUT2D eigenvalue weighted by molar-refractivity contribution is 0.324. The van der Waals surface area contributed by atoms with Gasteiger partial charge in [0.2, 0.25) is 5.75 Å².